The van der Waals surface area contributed by atoms with Crippen LogP contribution in [-0.2, 0) is 18.3 Å². The van der Waals surface area contributed by atoms with Crippen LogP contribution in [0.15, 0.2) is 11.3 Å². The van der Waals surface area contributed by atoms with Crippen LogP contribution in [-0.4, -0.2) is 46.5 Å². The molecule has 2 unspecified atom stereocenters. The Morgan fingerprint density at radius 1 is 1.55 bits per heavy atom. The summed E-state index contributed by atoms with van der Waals surface area (Å²) < 4.78 is 7.36. The number of aryl methyl sites for hydroxylation is 1. The maximum atomic E-state index is 5.49. The molecular weight excluding hydrogens is 395 g/mol. The van der Waals surface area contributed by atoms with E-state index in [9.17, 15) is 0 Å². The van der Waals surface area contributed by atoms with Crippen molar-refractivity contribution in [2.75, 3.05) is 13.7 Å². The molecule has 0 radical (unpaired) electrons. The molecule has 22 heavy (non-hydrogen) atoms. The van der Waals surface area contributed by atoms with E-state index in [-0.39, 0.29) is 29.4 Å². The van der Waals surface area contributed by atoms with E-state index >= 15 is 0 Å². The molecule has 2 atom stereocenters. The molecule has 8 heteroatoms. The lowest BCUT2D eigenvalue weighted by Gasteiger charge is -2.51. The Balaban J connectivity index is 0.00000242. The van der Waals surface area contributed by atoms with Crippen molar-refractivity contribution in [3.63, 3.8) is 0 Å². The lowest BCUT2D eigenvalue weighted by Crippen LogP contribution is -2.63. The van der Waals surface area contributed by atoms with Crippen molar-refractivity contribution in [3.05, 3.63) is 12.2 Å². The first-order chi connectivity index (χ1) is 9.98. The van der Waals surface area contributed by atoms with Crippen molar-refractivity contribution >= 4 is 29.9 Å². The molecule has 2 N–H and O–H groups in total. The van der Waals surface area contributed by atoms with Crippen LogP contribution in [0.4, 0.5) is 0 Å². The molecule has 0 saturated heterocycles. The third-order valence-electron chi connectivity index (χ3n) is 4.30. The fraction of sp³-hybridized carbons (Fsp3) is 0.786. The van der Waals surface area contributed by atoms with Crippen LogP contribution in [0.3, 0.4) is 0 Å². The van der Waals surface area contributed by atoms with Crippen molar-refractivity contribution in [1.29, 1.82) is 0 Å². The Labute approximate surface area is 149 Å². The van der Waals surface area contributed by atoms with Crippen LogP contribution in [0.25, 0.3) is 0 Å². The predicted octanol–water partition coefficient (Wildman–Crippen LogP) is 1.30. The third kappa shape index (κ3) is 4.09. The average Bonchev–Trinajstić information content (AvgIpc) is 2.85. The maximum absolute atomic E-state index is 5.49. The summed E-state index contributed by atoms with van der Waals surface area (Å²) >= 11 is 0. The van der Waals surface area contributed by atoms with Gasteiger partial charge in [-0.2, -0.15) is 0 Å². The van der Waals surface area contributed by atoms with Gasteiger partial charge in [-0.15, -0.1) is 34.2 Å². The van der Waals surface area contributed by atoms with E-state index in [0.717, 1.165) is 24.7 Å². The van der Waals surface area contributed by atoms with Crippen LogP contribution < -0.4 is 10.6 Å². The molecule has 126 valence electrons. The van der Waals surface area contributed by atoms with E-state index < -0.39 is 0 Å². The summed E-state index contributed by atoms with van der Waals surface area (Å²) in [4.78, 5) is 4.59. The number of aliphatic imine (C=N–C) groups is 1. The highest BCUT2D eigenvalue weighted by Crippen LogP contribution is 2.42. The van der Waals surface area contributed by atoms with Gasteiger partial charge in [0.05, 0.1) is 6.10 Å². The Hall–Kier alpha value is -0.900. The lowest BCUT2D eigenvalue weighted by atomic mass is 9.64. The van der Waals surface area contributed by atoms with Crippen molar-refractivity contribution in [1.82, 2.24) is 25.4 Å². The Bertz CT molecular complexity index is 501. The highest BCUT2D eigenvalue weighted by atomic mass is 127. The smallest absolute Gasteiger partial charge is 0.191 e. The number of hydrogen-bond acceptors (Lipinski definition) is 4. The van der Waals surface area contributed by atoms with Crippen LogP contribution in [0.1, 0.15) is 33.0 Å². The molecule has 1 aliphatic carbocycles. The molecular formula is C14H27IN6O. The number of rotatable bonds is 5. The van der Waals surface area contributed by atoms with Crippen molar-refractivity contribution in [2.24, 2.45) is 17.5 Å². The van der Waals surface area contributed by atoms with Gasteiger partial charge in [0, 0.05) is 32.2 Å². The Morgan fingerprint density at radius 3 is 2.77 bits per heavy atom. The number of methoxy groups -OCH3 is 1. The largest absolute Gasteiger partial charge is 0.381 e. The normalized spacial score (nSPS) is 23.4. The second-order valence-corrected chi connectivity index (χ2v) is 6.03. The van der Waals surface area contributed by atoms with Gasteiger partial charge in [0.2, 0.25) is 0 Å². The molecule has 7 nitrogen and oxygen atoms in total. The fourth-order valence-electron chi connectivity index (χ4n) is 2.62. The number of nitrogens with zero attached hydrogens (tertiary/aromatic N) is 4. The zero-order valence-electron chi connectivity index (χ0n) is 14.0. The van der Waals surface area contributed by atoms with Crippen molar-refractivity contribution in [2.45, 2.75) is 45.9 Å². The number of aromatic nitrogens is 3. The van der Waals surface area contributed by atoms with E-state index in [1.165, 1.54) is 0 Å². The minimum absolute atomic E-state index is 0. The van der Waals surface area contributed by atoms with Gasteiger partial charge in [-0.25, -0.2) is 4.99 Å². The minimum Gasteiger partial charge on any atom is -0.381 e. The first-order valence-electron chi connectivity index (χ1n) is 7.39. The summed E-state index contributed by atoms with van der Waals surface area (Å²) in [7, 11) is 3.69. The topological polar surface area (TPSA) is 76.4 Å². The summed E-state index contributed by atoms with van der Waals surface area (Å²) in [5.41, 5.74) is 0.107. The van der Waals surface area contributed by atoms with Gasteiger partial charge >= 0.3 is 0 Å². The van der Waals surface area contributed by atoms with Crippen LogP contribution in [0, 0.1) is 5.41 Å². The second-order valence-electron chi connectivity index (χ2n) is 6.03. The quantitative estimate of drug-likeness (QED) is 0.425. The molecule has 1 saturated carbocycles. The van der Waals surface area contributed by atoms with E-state index in [4.69, 9.17) is 4.74 Å². The van der Waals surface area contributed by atoms with Gasteiger partial charge in [0.15, 0.2) is 11.8 Å². The molecule has 1 heterocycles. The SMILES string of the molecule is CCNC(=NCc1nncn1C)NC1CC(OC)C1(C)C.I. The third-order valence-corrected chi connectivity index (χ3v) is 4.30. The first-order valence-corrected chi connectivity index (χ1v) is 7.39. The zero-order chi connectivity index (χ0) is 15.5. The number of halogens is 1. The number of guanidine groups is 1. The van der Waals surface area contributed by atoms with E-state index in [1.807, 2.05) is 11.6 Å². The van der Waals surface area contributed by atoms with Gasteiger partial charge < -0.3 is 19.9 Å². The maximum Gasteiger partial charge on any atom is 0.191 e. The summed E-state index contributed by atoms with van der Waals surface area (Å²) in [5, 5.41) is 14.7. The summed E-state index contributed by atoms with van der Waals surface area (Å²) in [6, 6.07) is 0.361. The van der Waals surface area contributed by atoms with E-state index in [0.29, 0.717) is 18.7 Å². The number of ether oxygens (including phenoxy) is 1. The summed E-state index contributed by atoms with van der Waals surface area (Å²) in [6.07, 6.45) is 2.98. The van der Waals surface area contributed by atoms with Crippen molar-refractivity contribution in [3.8, 4) is 0 Å². The molecule has 1 aromatic rings. The fourth-order valence-corrected chi connectivity index (χ4v) is 2.62. The lowest BCUT2D eigenvalue weighted by molar-refractivity contribution is -0.0922. The molecule has 0 aromatic carbocycles. The zero-order valence-corrected chi connectivity index (χ0v) is 16.3. The van der Waals surface area contributed by atoms with Crippen LogP contribution in [0.5, 0.6) is 0 Å². The van der Waals surface area contributed by atoms with Gasteiger partial charge in [-0.05, 0) is 13.3 Å². The van der Waals surface area contributed by atoms with E-state index in [1.54, 1.807) is 13.4 Å². The van der Waals surface area contributed by atoms with Crippen LogP contribution >= 0.6 is 24.0 Å². The van der Waals surface area contributed by atoms with Gasteiger partial charge in [-0.3, -0.25) is 0 Å². The number of hydrogen-bond donors (Lipinski definition) is 2. The second kappa shape index (κ2) is 8.09. The van der Waals surface area contributed by atoms with E-state index in [2.05, 4.69) is 46.6 Å². The Morgan fingerprint density at radius 2 is 2.27 bits per heavy atom. The van der Waals surface area contributed by atoms with Crippen LogP contribution in [0.2, 0.25) is 0 Å². The summed E-state index contributed by atoms with van der Waals surface area (Å²) in [6.45, 7) is 7.82. The average molecular weight is 422 g/mol. The molecule has 1 aliphatic rings. The minimum atomic E-state index is 0. The highest BCUT2D eigenvalue weighted by molar-refractivity contribution is 14.0. The molecule has 2 rings (SSSR count). The standard InChI is InChI=1S/C14H26N6O.HI/c1-6-15-13(16-8-12-19-17-9-20(12)4)18-10-7-11(21-5)14(10,2)3;/h9-11H,6-8H2,1-5H3,(H2,15,16,18);1H. The molecule has 0 bridgehead atoms. The predicted molar refractivity (Wildman–Crippen MR) is 97.4 cm³/mol. The van der Waals surface area contributed by atoms with Gasteiger partial charge in [-0.1, -0.05) is 13.8 Å². The molecule has 0 spiro atoms. The molecule has 1 fully saturated rings. The number of nitrogens with one attached hydrogen (secondary N) is 2. The summed E-state index contributed by atoms with van der Waals surface area (Å²) in [5.74, 6) is 1.66. The Kier molecular flexibility index (Phi) is 7.04. The monoisotopic (exact) mass is 422 g/mol. The molecule has 1 aromatic heterocycles. The molecule has 0 amide bonds. The van der Waals surface area contributed by atoms with Gasteiger partial charge in [0.25, 0.3) is 0 Å². The van der Waals surface area contributed by atoms with Crippen molar-refractivity contribution < 1.29 is 4.74 Å². The molecule has 0 aliphatic heterocycles. The van der Waals surface area contributed by atoms with Gasteiger partial charge in [0.1, 0.15) is 12.9 Å². The first kappa shape index (κ1) is 19.1. The highest BCUT2D eigenvalue weighted by Gasteiger charge is 2.48.